The summed E-state index contributed by atoms with van der Waals surface area (Å²) < 4.78 is 0. The normalized spacial score (nSPS) is 10.3. The largest absolute Gasteiger partial charge is 0.506 e. The van der Waals surface area contributed by atoms with E-state index >= 15 is 0 Å². The molecule has 58 valence electrons. The molecule has 0 saturated heterocycles. The van der Waals surface area contributed by atoms with Gasteiger partial charge in [0.1, 0.15) is 19.1 Å². The molecule has 0 fully saturated rings. The molecule has 3 heteroatoms. The van der Waals surface area contributed by atoms with Crippen LogP contribution in [0.3, 0.4) is 0 Å². The smallest absolute Gasteiger partial charge is 0.141 e. The molecule has 1 aromatic heterocycles. The van der Waals surface area contributed by atoms with Crippen molar-refractivity contribution in [2.75, 3.05) is 0 Å². The summed E-state index contributed by atoms with van der Waals surface area (Å²) in [6, 6.07) is 7.40. The van der Waals surface area contributed by atoms with E-state index in [2.05, 4.69) is 4.98 Å². The van der Waals surface area contributed by atoms with Gasteiger partial charge < -0.3 is 5.11 Å². The van der Waals surface area contributed by atoms with Crippen LogP contribution in [-0.2, 0) is 0 Å². The van der Waals surface area contributed by atoms with Gasteiger partial charge >= 0.3 is 0 Å². The fourth-order valence-electron chi connectivity index (χ4n) is 1.25. The summed E-state index contributed by atoms with van der Waals surface area (Å²) in [5.74, 6) is 0.243. The van der Waals surface area contributed by atoms with Crippen LogP contribution < -0.4 is 5.46 Å². The number of phenolic OH excluding ortho intramolecular Hbond substituents is 1. The highest BCUT2D eigenvalue weighted by atomic mass is 16.3. The second-order valence-corrected chi connectivity index (χ2v) is 2.86. The summed E-state index contributed by atoms with van der Waals surface area (Å²) in [5, 5.41) is 10.4. The van der Waals surface area contributed by atoms with Crippen LogP contribution >= 0.6 is 0 Å². The lowest BCUT2D eigenvalue weighted by molar-refractivity contribution is 0.480. The minimum Gasteiger partial charge on any atom is -0.506 e. The van der Waals surface area contributed by atoms with E-state index in [4.69, 9.17) is 0 Å². The first-order valence-corrected chi connectivity index (χ1v) is 3.82. The molecule has 0 bridgehead atoms. The third kappa shape index (κ3) is 1.03. The molecule has 2 aromatic rings. The molecule has 0 aliphatic rings. The number of aromatic hydroxyl groups is 1. The van der Waals surface area contributed by atoms with Crippen LogP contribution in [-0.4, -0.2) is 17.9 Å². The summed E-state index contributed by atoms with van der Waals surface area (Å²) in [6.07, 6.45) is 1.75. The van der Waals surface area contributed by atoms with E-state index in [-0.39, 0.29) is 5.75 Å². The zero-order chi connectivity index (χ0) is 8.55. The van der Waals surface area contributed by atoms with Gasteiger partial charge in [0.15, 0.2) is 0 Å². The first-order valence-electron chi connectivity index (χ1n) is 3.82. The minimum atomic E-state index is 0.243. The van der Waals surface area contributed by atoms with E-state index in [1.54, 1.807) is 12.3 Å². The number of nitrogens with zero attached hydrogens (tertiary/aromatic N) is 1. The Labute approximate surface area is 71.3 Å². The van der Waals surface area contributed by atoms with Gasteiger partial charge in [-0.05, 0) is 6.07 Å². The van der Waals surface area contributed by atoms with Crippen LogP contribution in [0.4, 0.5) is 0 Å². The number of fused-ring (bicyclic) bond motifs is 1. The highest BCUT2D eigenvalue weighted by Gasteiger charge is 1.98. The number of aromatic nitrogens is 1. The molecule has 0 unspecified atom stereocenters. The Balaban J connectivity index is 2.86. The lowest BCUT2D eigenvalue weighted by Crippen LogP contribution is -2.01. The zero-order valence-electron chi connectivity index (χ0n) is 6.78. The molecule has 1 N–H and O–H groups in total. The van der Waals surface area contributed by atoms with Crippen molar-refractivity contribution in [3.05, 3.63) is 30.5 Å². The fraction of sp³-hybridized carbons (Fsp3) is 0. The molecule has 0 radical (unpaired) electrons. The highest BCUT2D eigenvalue weighted by Crippen LogP contribution is 2.19. The Hall–Kier alpha value is -1.51. The van der Waals surface area contributed by atoms with Crippen LogP contribution in [0.2, 0.25) is 0 Å². The second kappa shape index (κ2) is 2.52. The second-order valence-electron chi connectivity index (χ2n) is 2.86. The van der Waals surface area contributed by atoms with E-state index < -0.39 is 0 Å². The van der Waals surface area contributed by atoms with Gasteiger partial charge in [0.2, 0.25) is 0 Å². The molecule has 0 amide bonds. The van der Waals surface area contributed by atoms with Crippen LogP contribution in [0, 0.1) is 0 Å². The van der Waals surface area contributed by atoms with Gasteiger partial charge in [0.25, 0.3) is 0 Å². The van der Waals surface area contributed by atoms with Crippen molar-refractivity contribution in [1.82, 2.24) is 4.98 Å². The van der Waals surface area contributed by atoms with Crippen molar-refractivity contribution >= 4 is 24.2 Å². The summed E-state index contributed by atoms with van der Waals surface area (Å²) in [6.45, 7) is 0. The van der Waals surface area contributed by atoms with Crippen molar-refractivity contribution in [2.24, 2.45) is 0 Å². The maximum atomic E-state index is 9.40. The Morgan fingerprint density at radius 3 is 3.00 bits per heavy atom. The lowest BCUT2D eigenvalue weighted by atomic mass is 9.97. The van der Waals surface area contributed by atoms with Gasteiger partial charge in [-0.3, -0.25) is 4.98 Å². The predicted molar refractivity (Wildman–Crippen MR) is 51.6 cm³/mol. The van der Waals surface area contributed by atoms with Crippen molar-refractivity contribution < 1.29 is 5.11 Å². The van der Waals surface area contributed by atoms with Gasteiger partial charge in [0, 0.05) is 11.6 Å². The minimum absolute atomic E-state index is 0.243. The lowest BCUT2D eigenvalue weighted by Gasteiger charge is -1.99. The average molecular weight is 157 g/mol. The van der Waals surface area contributed by atoms with E-state index in [9.17, 15) is 5.11 Å². The molecular weight excluding hydrogens is 149 g/mol. The molecule has 0 atom stereocenters. The third-order valence-corrected chi connectivity index (χ3v) is 1.83. The average Bonchev–Trinajstić information content (AvgIpc) is 2.04. The van der Waals surface area contributed by atoms with Gasteiger partial charge in [-0.1, -0.05) is 23.7 Å². The van der Waals surface area contributed by atoms with E-state index in [0.29, 0.717) is 5.52 Å². The highest BCUT2D eigenvalue weighted by molar-refractivity contribution is 6.32. The van der Waals surface area contributed by atoms with Gasteiger partial charge in [-0.2, -0.15) is 0 Å². The molecule has 2 rings (SSSR count). The van der Waals surface area contributed by atoms with Crippen LogP contribution in [0.1, 0.15) is 0 Å². The molecule has 0 saturated carbocycles. The SMILES string of the molecule is Bc1cnc2c(O)cccc2c1. The first kappa shape index (κ1) is 7.16. The number of hydrogen-bond donors (Lipinski definition) is 1. The molecule has 0 aliphatic heterocycles. The van der Waals surface area contributed by atoms with E-state index in [1.807, 2.05) is 26.0 Å². The zero-order valence-corrected chi connectivity index (χ0v) is 6.78. The quantitative estimate of drug-likeness (QED) is 0.554. The maximum Gasteiger partial charge on any atom is 0.141 e. The van der Waals surface area contributed by atoms with E-state index in [1.165, 1.54) is 0 Å². The Morgan fingerprint density at radius 1 is 1.33 bits per heavy atom. The number of benzene rings is 1. The van der Waals surface area contributed by atoms with Gasteiger partial charge in [-0.15, -0.1) is 0 Å². The summed E-state index contributed by atoms with van der Waals surface area (Å²) in [5.41, 5.74) is 1.77. The molecule has 0 spiro atoms. The van der Waals surface area contributed by atoms with Crippen LogP contribution in [0.5, 0.6) is 5.75 Å². The van der Waals surface area contributed by atoms with Crippen LogP contribution in [0.15, 0.2) is 30.5 Å². The third-order valence-electron chi connectivity index (χ3n) is 1.83. The van der Waals surface area contributed by atoms with E-state index in [0.717, 1.165) is 10.8 Å². The Kier molecular flexibility index (Phi) is 1.50. The fourth-order valence-corrected chi connectivity index (χ4v) is 1.25. The number of para-hydroxylation sites is 1. The molecule has 1 aromatic carbocycles. The number of rotatable bonds is 0. The predicted octanol–water partition coefficient (Wildman–Crippen LogP) is 0.199. The van der Waals surface area contributed by atoms with Crippen molar-refractivity contribution in [3.8, 4) is 5.75 Å². The van der Waals surface area contributed by atoms with Crippen molar-refractivity contribution in [1.29, 1.82) is 0 Å². The summed E-state index contributed by atoms with van der Waals surface area (Å²) >= 11 is 0. The van der Waals surface area contributed by atoms with Crippen LogP contribution in [0.25, 0.3) is 10.9 Å². The number of pyridine rings is 1. The molecule has 1 heterocycles. The van der Waals surface area contributed by atoms with Crippen molar-refractivity contribution in [3.63, 3.8) is 0 Å². The first-order chi connectivity index (χ1) is 5.77. The van der Waals surface area contributed by atoms with Gasteiger partial charge in [-0.25, -0.2) is 0 Å². The number of phenols is 1. The Bertz CT molecular complexity index is 428. The molecule has 0 aliphatic carbocycles. The number of hydrogen-bond acceptors (Lipinski definition) is 2. The summed E-state index contributed by atoms with van der Waals surface area (Å²) in [7, 11) is 1.98. The molecular formula is C9H8BNO. The topological polar surface area (TPSA) is 33.1 Å². The maximum absolute atomic E-state index is 9.40. The standard InChI is InChI=1S/C9H8BNO/c10-7-4-6-2-1-3-8(12)9(6)11-5-7/h1-5,12H,10H2. The Morgan fingerprint density at radius 2 is 2.17 bits per heavy atom. The monoisotopic (exact) mass is 157 g/mol. The molecule has 12 heavy (non-hydrogen) atoms. The van der Waals surface area contributed by atoms with Crippen molar-refractivity contribution in [2.45, 2.75) is 0 Å². The molecule has 2 nitrogen and oxygen atoms in total. The summed E-state index contributed by atoms with van der Waals surface area (Å²) in [4.78, 5) is 4.13. The van der Waals surface area contributed by atoms with Gasteiger partial charge in [0.05, 0.1) is 0 Å².